The van der Waals surface area contributed by atoms with Gasteiger partial charge in [0.05, 0.1) is 5.69 Å². The van der Waals surface area contributed by atoms with Crippen molar-refractivity contribution in [2.45, 2.75) is 12.6 Å². The number of piperazine rings is 1. The van der Waals surface area contributed by atoms with Crippen molar-refractivity contribution in [2.24, 2.45) is 5.73 Å². The van der Waals surface area contributed by atoms with E-state index in [1.807, 2.05) is 18.3 Å². The molecule has 0 spiro atoms. The molecule has 1 aliphatic rings. The number of nitrogens with two attached hydrogens (primary N) is 1. The lowest BCUT2D eigenvalue weighted by molar-refractivity contribution is 0.193. The number of hydrogen-bond acceptors (Lipinski definition) is 4. The van der Waals surface area contributed by atoms with Crippen LogP contribution in [-0.4, -0.2) is 42.1 Å². The van der Waals surface area contributed by atoms with Crippen molar-refractivity contribution in [1.29, 1.82) is 0 Å². The smallest absolute Gasteiger partial charge is 0.0543 e. The van der Waals surface area contributed by atoms with Gasteiger partial charge >= 0.3 is 0 Å². The highest BCUT2D eigenvalue weighted by Gasteiger charge is 2.17. The predicted molar refractivity (Wildman–Crippen MR) is 60.4 cm³/mol. The molecule has 0 bridgehead atoms. The molecule has 2 heterocycles. The summed E-state index contributed by atoms with van der Waals surface area (Å²) in [5, 5.41) is 3.40. The number of aromatic nitrogens is 1. The first kappa shape index (κ1) is 10.5. The quantitative estimate of drug-likeness (QED) is 0.720. The molecule has 1 aromatic rings. The van der Waals surface area contributed by atoms with E-state index in [4.69, 9.17) is 5.73 Å². The Morgan fingerprint density at radius 1 is 1.53 bits per heavy atom. The summed E-state index contributed by atoms with van der Waals surface area (Å²) >= 11 is 0. The molecule has 1 fully saturated rings. The fourth-order valence-corrected chi connectivity index (χ4v) is 1.92. The summed E-state index contributed by atoms with van der Waals surface area (Å²) in [4.78, 5) is 6.73. The highest BCUT2D eigenvalue weighted by atomic mass is 15.2. The van der Waals surface area contributed by atoms with Crippen molar-refractivity contribution in [3.8, 4) is 0 Å². The molecule has 0 amide bonds. The maximum absolute atomic E-state index is 5.65. The molecule has 0 saturated carbocycles. The largest absolute Gasteiger partial charge is 0.329 e. The number of rotatable bonds is 3. The van der Waals surface area contributed by atoms with E-state index in [0.29, 0.717) is 12.6 Å². The zero-order chi connectivity index (χ0) is 10.5. The van der Waals surface area contributed by atoms with E-state index in [0.717, 1.165) is 31.9 Å². The van der Waals surface area contributed by atoms with Gasteiger partial charge in [0, 0.05) is 45.0 Å². The fraction of sp³-hybridized carbons (Fsp3) is 0.545. The van der Waals surface area contributed by atoms with Crippen molar-refractivity contribution < 1.29 is 0 Å². The van der Waals surface area contributed by atoms with Gasteiger partial charge in [-0.05, 0) is 12.1 Å². The maximum Gasteiger partial charge on any atom is 0.0543 e. The zero-order valence-electron chi connectivity index (χ0n) is 8.89. The molecule has 2 rings (SSSR count). The second kappa shape index (κ2) is 5.21. The monoisotopic (exact) mass is 206 g/mol. The van der Waals surface area contributed by atoms with Gasteiger partial charge in [0.25, 0.3) is 0 Å². The fourth-order valence-electron chi connectivity index (χ4n) is 1.92. The van der Waals surface area contributed by atoms with Crippen LogP contribution < -0.4 is 11.1 Å². The third kappa shape index (κ3) is 2.99. The Kier molecular flexibility index (Phi) is 3.66. The predicted octanol–water partition coefficient (Wildman–Crippen LogP) is -0.186. The highest BCUT2D eigenvalue weighted by Crippen LogP contribution is 2.04. The van der Waals surface area contributed by atoms with Crippen molar-refractivity contribution in [1.82, 2.24) is 15.2 Å². The van der Waals surface area contributed by atoms with Crippen molar-refractivity contribution >= 4 is 0 Å². The Bertz CT molecular complexity index is 288. The molecule has 4 nitrogen and oxygen atoms in total. The van der Waals surface area contributed by atoms with Crippen LogP contribution in [0.1, 0.15) is 5.69 Å². The number of pyridine rings is 1. The minimum absolute atomic E-state index is 0.433. The second-order valence-corrected chi connectivity index (χ2v) is 3.94. The standard InChI is InChI=1S/C11H18N4/c12-7-11-9-15(6-5-14-11)8-10-3-1-2-4-13-10/h1-4,11,14H,5-9,12H2. The minimum Gasteiger partial charge on any atom is -0.329 e. The van der Waals surface area contributed by atoms with E-state index in [2.05, 4.69) is 21.3 Å². The van der Waals surface area contributed by atoms with Crippen LogP contribution in [0.2, 0.25) is 0 Å². The maximum atomic E-state index is 5.65. The minimum atomic E-state index is 0.433. The average molecular weight is 206 g/mol. The van der Waals surface area contributed by atoms with Crippen LogP contribution in [-0.2, 0) is 6.54 Å². The van der Waals surface area contributed by atoms with Crippen LogP contribution in [0, 0.1) is 0 Å². The van der Waals surface area contributed by atoms with Gasteiger partial charge in [-0.2, -0.15) is 0 Å². The van der Waals surface area contributed by atoms with Crippen LogP contribution in [0.25, 0.3) is 0 Å². The third-order valence-electron chi connectivity index (χ3n) is 2.74. The summed E-state index contributed by atoms with van der Waals surface area (Å²) in [6.45, 7) is 4.76. The number of nitrogens with zero attached hydrogens (tertiary/aromatic N) is 2. The van der Waals surface area contributed by atoms with E-state index in [1.165, 1.54) is 0 Å². The molecular formula is C11H18N4. The summed E-state index contributed by atoms with van der Waals surface area (Å²) in [7, 11) is 0. The van der Waals surface area contributed by atoms with Gasteiger partial charge in [0.1, 0.15) is 0 Å². The van der Waals surface area contributed by atoms with Crippen LogP contribution >= 0.6 is 0 Å². The van der Waals surface area contributed by atoms with E-state index in [-0.39, 0.29) is 0 Å². The molecule has 1 aromatic heterocycles. The first-order valence-corrected chi connectivity index (χ1v) is 5.44. The Labute approximate surface area is 90.5 Å². The Hall–Kier alpha value is -0.970. The van der Waals surface area contributed by atoms with Crippen LogP contribution in [0.4, 0.5) is 0 Å². The van der Waals surface area contributed by atoms with E-state index >= 15 is 0 Å². The highest BCUT2D eigenvalue weighted by molar-refractivity contribution is 5.03. The van der Waals surface area contributed by atoms with Gasteiger partial charge in [-0.1, -0.05) is 6.07 Å². The Morgan fingerprint density at radius 3 is 3.20 bits per heavy atom. The van der Waals surface area contributed by atoms with Crippen molar-refractivity contribution in [2.75, 3.05) is 26.2 Å². The van der Waals surface area contributed by atoms with Crippen LogP contribution in [0.5, 0.6) is 0 Å². The summed E-state index contributed by atoms with van der Waals surface area (Å²) in [5.41, 5.74) is 6.79. The molecule has 82 valence electrons. The first-order valence-electron chi connectivity index (χ1n) is 5.44. The molecule has 4 heteroatoms. The molecule has 3 N–H and O–H groups in total. The molecule has 1 unspecified atom stereocenters. The number of nitrogens with one attached hydrogen (secondary N) is 1. The SMILES string of the molecule is NCC1CN(Cc2ccccn2)CCN1. The Balaban J connectivity index is 1.89. The zero-order valence-corrected chi connectivity index (χ0v) is 8.89. The molecule has 0 aromatic carbocycles. The topological polar surface area (TPSA) is 54.2 Å². The average Bonchev–Trinajstić information content (AvgIpc) is 2.31. The molecule has 1 atom stereocenters. The van der Waals surface area contributed by atoms with Gasteiger partial charge in [-0.3, -0.25) is 9.88 Å². The summed E-state index contributed by atoms with van der Waals surface area (Å²) in [6, 6.07) is 6.48. The van der Waals surface area contributed by atoms with Gasteiger partial charge < -0.3 is 11.1 Å². The second-order valence-electron chi connectivity index (χ2n) is 3.94. The molecule has 1 saturated heterocycles. The van der Waals surface area contributed by atoms with Gasteiger partial charge in [-0.15, -0.1) is 0 Å². The van der Waals surface area contributed by atoms with Gasteiger partial charge in [0.15, 0.2) is 0 Å². The summed E-state index contributed by atoms with van der Waals surface area (Å²) < 4.78 is 0. The van der Waals surface area contributed by atoms with Crippen molar-refractivity contribution in [3.05, 3.63) is 30.1 Å². The third-order valence-corrected chi connectivity index (χ3v) is 2.74. The van der Waals surface area contributed by atoms with E-state index < -0.39 is 0 Å². The lowest BCUT2D eigenvalue weighted by atomic mass is 10.2. The van der Waals surface area contributed by atoms with E-state index in [9.17, 15) is 0 Å². The molecule has 15 heavy (non-hydrogen) atoms. The van der Waals surface area contributed by atoms with Gasteiger partial charge in [0.2, 0.25) is 0 Å². The molecule has 0 aliphatic carbocycles. The molecule has 0 radical (unpaired) electrons. The van der Waals surface area contributed by atoms with Gasteiger partial charge in [-0.25, -0.2) is 0 Å². The Morgan fingerprint density at radius 2 is 2.47 bits per heavy atom. The molecular weight excluding hydrogens is 188 g/mol. The lowest BCUT2D eigenvalue weighted by Crippen LogP contribution is -2.53. The summed E-state index contributed by atoms with van der Waals surface area (Å²) in [5.74, 6) is 0. The summed E-state index contributed by atoms with van der Waals surface area (Å²) in [6.07, 6.45) is 1.85. The normalized spacial score (nSPS) is 22.9. The number of hydrogen-bond donors (Lipinski definition) is 2. The van der Waals surface area contributed by atoms with Crippen LogP contribution in [0.15, 0.2) is 24.4 Å². The van der Waals surface area contributed by atoms with Crippen LogP contribution in [0.3, 0.4) is 0 Å². The molecule has 1 aliphatic heterocycles. The lowest BCUT2D eigenvalue weighted by Gasteiger charge is -2.32. The van der Waals surface area contributed by atoms with E-state index in [1.54, 1.807) is 0 Å². The first-order chi connectivity index (χ1) is 7.38. The van der Waals surface area contributed by atoms with Crippen molar-refractivity contribution in [3.63, 3.8) is 0 Å².